The summed E-state index contributed by atoms with van der Waals surface area (Å²) >= 11 is 1.60. The van der Waals surface area contributed by atoms with Crippen LogP contribution in [-0.2, 0) is 26.9 Å². The van der Waals surface area contributed by atoms with Crippen LogP contribution in [0.4, 0.5) is 9.59 Å². The molecule has 0 aliphatic heterocycles. The number of halogens is 1. The van der Waals surface area contributed by atoms with Gasteiger partial charge in [-0.15, -0.1) is 0 Å². The molecule has 0 saturated heterocycles. The van der Waals surface area contributed by atoms with Gasteiger partial charge in [-0.1, -0.05) is 6.58 Å². The van der Waals surface area contributed by atoms with Crippen LogP contribution in [0.2, 0.25) is 0 Å². The van der Waals surface area contributed by atoms with Gasteiger partial charge in [0.05, 0.1) is 6.61 Å². The van der Waals surface area contributed by atoms with Crippen LogP contribution < -0.4 is 10.6 Å². The van der Waals surface area contributed by atoms with Gasteiger partial charge in [-0.25, -0.2) is 14.4 Å². The number of esters is 2. The van der Waals surface area contributed by atoms with Crippen molar-refractivity contribution in [1.82, 2.24) is 10.6 Å². The van der Waals surface area contributed by atoms with Crippen molar-refractivity contribution in [2.45, 2.75) is 95.6 Å². The molecule has 0 radical (unpaired) electrons. The summed E-state index contributed by atoms with van der Waals surface area (Å²) in [6.45, 7) is 3.14. The summed E-state index contributed by atoms with van der Waals surface area (Å²) in [5.41, 5.74) is 0. The standard InChI is InChI=1S/C25H39IN2O8/c1-2-22(29)34-17-35-23(30)6-4-3-5-15-33-24(31)27-20-11-7-18(8-12-20)16-19-9-13-21(14-10-19)28-25(32)36-26/h2,18-21H,1,3-17H2,(H,27,31)(H,28,32). The molecular weight excluding hydrogens is 583 g/mol. The van der Waals surface area contributed by atoms with E-state index in [1.54, 1.807) is 23.0 Å². The first-order valence-electron chi connectivity index (χ1n) is 12.9. The molecule has 0 atom stereocenters. The van der Waals surface area contributed by atoms with E-state index in [4.69, 9.17) is 9.47 Å². The van der Waals surface area contributed by atoms with Crippen molar-refractivity contribution in [3.63, 3.8) is 0 Å². The van der Waals surface area contributed by atoms with Crippen molar-refractivity contribution < 1.29 is 36.5 Å². The molecule has 204 valence electrons. The summed E-state index contributed by atoms with van der Waals surface area (Å²) in [4.78, 5) is 45.8. The SMILES string of the molecule is C=CC(=O)OCOC(=O)CCCCCOC(=O)NC1CCC(CC2CCC(NC(=O)OI)CC2)CC1. The van der Waals surface area contributed by atoms with Crippen molar-refractivity contribution in [1.29, 1.82) is 0 Å². The molecule has 2 fully saturated rings. The van der Waals surface area contributed by atoms with Crippen LogP contribution in [-0.4, -0.2) is 49.6 Å². The fourth-order valence-electron chi connectivity index (χ4n) is 4.95. The topological polar surface area (TPSA) is 129 Å². The minimum Gasteiger partial charge on any atom is -0.450 e. The Kier molecular flexibility index (Phi) is 14.6. The number of carbonyl (C=O) groups excluding carboxylic acids is 4. The van der Waals surface area contributed by atoms with E-state index in [0.29, 0.717) is 25.4 Å². The Morgan fingerprint density at radius 1 is 0.778 bits per heavy atom. The second-order valence-electron chi connectivity index (χ2n) is 9.57. The number of amides is 2. The molecule has 0 spiro atoms. The number of rotatable bonds is 13. The van der Waals surface area contributed by atoms with E-state index in [-0.39, 0.29) is 30.7 Å². The zero-order valence-corrected chi connectivity index (χ0v) is 23.0. The predicted molar refractivity (Wildman–Crippen MR) is 140 cm³/mol. The lowest BCUT2D eigenvalue weighted by Gasteiger charge is -2.34. The van der Waals surface area contributed by atoms with Crippen LogP contribution in [0.25, 0.3) is 0 Å². The number of hydrogen-bond acceptors (Lipinski definition) is 8. The van der Waals surface area contributed by atoms with Crippen molar-refractivity contribution in [3.05, 3.63) is 12.7 Å². The highest BCUT2D eigenvalue weighted by Gasteiger charge is 2.28. The van der Waals surface area contributed by atoms with Gasteiger partial charge in [-0.2, -0.15) is 0 Å². The van der Waals surface area contributed by atoms with Crippen LogP contribution in [0.15, 0.2) is 12.7 Å². The third-order valence-corrected chi connectivity index (χ3v) is 7.32. The number of carbonyl (C=O) groups is 4. The van der Waals surface area contributed by atoms with E-state index in [0.717, 1.165) is 69.8 Å². The fourth-order valence-corrected chi connectivity index (χ4v) is 5.08. The first kappa shape index (κ1) is 30.2. The molecule has 0 aromatic rings. The van der Waals surface area contributed by atoms with Gasteiger partial charge in [0.1, 0.15) is 0 Å². The average molecular weight is 622 g/mol. The van der Waals surface area contributed by atoms with E-state index < -0.39 is 18.7 Å². The summed E-state index contributed by atoms with van der Waals surface area (Å²) in [6, 6.07) is 0.393. The van der Waals surface area contributed by atoms with E-state index in [2.05, 4.69) is 25.0 Å². The molecule has 0 bridgehead atoms. The maximum atomic E-state index is 12.1. The second kappa shape index (κ2) is 17.4. The minimum absolute atomic E-state index is 0.165. The van der Waals surface area contributed by atoms with Gasteiger partial charge in [0.25, 0.3) is 0 Å². The van der Waals surface area contributed by atoms with Gasteiger partial charge in [0.15, 0.2) is 23.0 Å². The first-order valence-corrected chi connectivity index (χ1v) is 13.7. The number of nitrogens with one attached hydrogen (secondary N) is 2. The molecule has 11 heteroatoms. The monoisotopic (exact) mass is 622 g/mol. The van der Waals surface area contributed by atoms with Crippen molar-refractivity contribution >= 4 is 47.1 Å². The molecule has 0 unspecified atom stereocenters. The minimum atomic E-state index is -0.642. The highest BCUT2D eigenvalue weighted by molar-refractivity contribution is 14.1. The average Bonchev–Trinajstić information content (AvgIpc) is 2.88. The molecule has 36 heavy (non-hydrogen) atoms. The second-order valence-corrected chi connectivity index (χ2v) is 10.0. The molecule has 2 N–H and O–H groups in total. The number of hydrogen-bond donors (Lipinski definition) is 2. The molecule has 2 aliphatic carbocycles. The van der Waals surface area contributed by atoms with E-state index in [1.165, 1.54) is 6.42 Å². The largest absolute Gasteiger partial charge is 0.450 e. The number of ether oxygens (including phenoxy) is 3. The van der Waals surface area contributed by atoms with E-state index in [9.17, 15) is 19.2 Å². The Labute approximate surface area is 227 Å². The normalized spacial score (nSPS) is 23.6. The third-order valence-electron chi connectivity index (χ3n) is 6.92. The number of alkyl carbamates (subject to hydrolysis) is 1. The van der Waals surface area contributed by atoms with Gasteiger partial charge in [0.2, 0.25) is 6.79 Å². The smallest absolute Gasteiger partial charge is 0.416 e. The van der Waals surface area contributed by atoms with Crippen LogP contribution in [0.5, 0.6) is 0 Å². The molecular formula is C25H39IN2O8. The third kappa shape index (κ3) is 12.8. The number of unbranched alkanes of at least 4 members (excludes halogenated alkanes) is 2. The van der Waals surface area contributed by atoms with E-state index >= 15 is 0 Å². The molecule has 2 rings (SSSR count). The van der Waals surface area contributed by atoms with Crippen LogP contribution in [0.1, 0.15) is 83.5 Å². The highest BCUT2D eigenvalue weighted by atomic mass is 127. The van der Waals surface area contributed by atoms with Crippen molar-refractivity contribution in [2.24, 2.45) is 11.8 Å². The van der Waals surface area contributed by atoms with Crippen LogP contribution in [0, 0.1) is 11.8 Å². The summed E-state index contributed by atoms with van der Waals surface area (Å²) in [6.07, 6.45) is 12.2. The highest BCUT2D eigenvalue weighted by Crippen LogP contribution is 2.35. The van der Waals surface area contributed by atoms with Gasteiger partial charge in [0, 0.05) is 24.6 Å². The molecule has 0 aromatic carbocycles. The zero-order valence-electron chi connectivity index (χ0n) is 20.8. The van der Waals surface area contributed by atoms with Crippen molar-refractivity contribution in [3.8, 4) is 0 Å². The Balaban J connectivity index is 1.45. The van der Waals surface area contributed by atoms with E-state index in [1.807, 2.05) is 0 Å². The summed E-state index contributed by atoms with van der Waals surface area (Å²) in [5.74, 6) is 0.337. The van der Waals surface area contributed by atoms with Crippen LogP contribution >= 0.6 is 23.0 Å². The van der Waals surface area contributed by atoms with Gasteiger partial charge >= 0.3 is 24.1 Å². The Bertz CT molecular complexity index is 719. The summed E-state index contributed by atoms with van der Waals surface area (Å²) in [5, 5.41) is 5.88. The fraction of sp³-hybridized carbons (Fsp3) is 0.760. The maximum absolute atomic E-state index is 12.1. The predicted octanol–water partition coefficient (Wildman–Crippen LogP) is 5.09. The van der Waals surface area contributed by atoms with Gasteiger partial charge in [-0.3, -0.25) is 4.79 Å². The quantitative estimate of drug-likeness (QED) is 0.0957. The molecule has 0 aromatic heterocycles. The Hall–Kier alpha value is -2.05. The van der Waals surface area contributed by atoms with Crippen LogP contribution in [0.3, 0.4) is 0 Å². The molecule has 2 amide bonds. The first-order chi connectivity index (χ1) is 17.4. The van der Waals surface area contributed by atoms with Gasteiger partial charge < -0.3 is 27.9 Å². The zero-order chi connectivity index (χ0) is 26.2. The molecule has 2 saturated carbocycles. The lowest BCUT2D eigenvalue weighted by Crippen LogP contribution is -2.39. The van der Waals surface area contributed by atoms with Crippen molar-refractivity contribution in [2.75, 3.05) is 13.4 Å². The maximum Gasteiger partial charge on any atom is 0.416 e. The Morgan fingerprint density at radius 3 is 1.92 bits per heavy atom. The lowest BCUT2D eigenvalue weighted by molar-refractivity contribution is -0.164. The summed E-state index contributed by atoms with van der Waals surface area (Å²) < 4.78 is 19.3. The molecule has 10 nitrogen and oxygen atoms in total. The molecule has 2 aliphatic rings. The summed E-state index contributed by atoms with van der Waals surface area (Å²) in [7, 11) is 0. The lowest BCUT2D eigenvalue weighted by atomic mass is 9.76. The molecule has 0 heterocycles. The van der Waals surface area contributed by atoms with Gasteiger partial charge in [-0.05, 0) is 88.9 Å². The Morgan fingerprint density at radius 2 is 1.36 bits per heavy atom.